The first-order valence-electron chi connectivity index (χ1n) is 7.11. The lowest BCUT2D eigenvalue weighted by molar-refractivity contribution is -0.384. The summed E-state index contributed by atoms with van der Waals surface area (Å²) in [7, 11) is 0. The lowest BCUT2D eigenvalue weighted by Gasteiger charge is -2.23. The van der Waals surface area contributed by atoms with Crippen molar-refractivity contribution in [3.05, 3.63) is 15.8 Å². The van der Waals surface area contributed by atoms with Crippen molar-refractivity contribution in [2.75, 3.05) is 5.32 Å². The summed E-state index contributed by atoms with van der Waals surface area (Å²) in [6, 6.07) is 0.346. The normalized spacial score (nSPS) is 16.5. The molecule has 19 heavy (non-hydrogen) atoms. The van der Waals surface area contributed by atoms with Gasteiger partial charge in [-0.15, -0.1) is 0 Å². The van der Waals surface area contributed by atoms with Crippen LogP contribution in [-0.2, 0) is 6.54 Å². The van der Waals surface area contributed by atoms with Crippen LogP contribution in [0.25, 0.3) is 0 Å². The van der Waals surface area contributed by atoms with Crippen LogP contribution in [0.2, 0.25) is 0 Å². The molecule has 0 spiro atoms. The minimum atomic E-state index is -0.320. The zero-order chi connectivity index (χ0) is 13.8. The lowest BCUT2D eigenvalue weighted by atomic mass is 9.95. The summed E-state index contributed by atoms with van der Waals surface area (Å²) in [5, 5.41) is 18.9. The van der Waals surface area contributed by atoms with Crippen LogP contribution in [0.15, 0.2) is 0 Å². The van der Waals surface area contributed by atoms with Gasteiger partial charge >= 0.3 is 5.69 Å². The first-order valence-corrected chi connectivity index (χ1v) is 7.11. The molecule has 0 unspecified atom stereocenters. The molecule has 0 aromatic carbocycles. The van der Waals surface area contributed by atoms with E-state index in [1.54, 1.807) is 11.6 Å². The summed E-state index contributed by atoms with van der Waals surface area (Å²) in [6.07, 6.45) is 6.77. The molecule has 0 aliphatic heterocycles. The SMILES string of the molecule is CCCn1nc(C)c([N+](=O)[O-])c1NC1CCCCC1. The van der Waals surface area contributed by atoms with Gasteiger partial charge in [0.1, 0.15) is 5.69 Å². The Hall–Kier alpha value is -1.59. The number of anilines is 1. The second kappa shape index (κ2) is 6.04. The minimum Gasteiger partial charge on any atom is -0.362 e. The molecule has 0 radical (unpaired) electrons. The van der Waals surface area contributed by atoms with E-state index in [4.69, 9.17) is 0 Å². The predicted octanol–water partition coefficient (Wildman–Crippen LogP) is 3.25. The molecule has 1 heterocycles. The van der Waals surface area contributed by atoms with Crippen LogP contribution in [0.3, 0.4) is 0 Å². The van der Waals surface area contributed by atoms with Crippen molar-refractivity contribution in [1.82, 2.24) is 9.78 Å². The maximum atomic E-state index is 11.2. The molecule has 1 fully saturated rings. The van der Waals surface area contributed by atoms with Crippen LogP contribution in [0.4, 0.5) is 11.5 Å². The van der Waals surface area contributed by atoms with Gasteiger partial charge in [-0.2, -0.15) is 5.10 Å². The van der Waals surface area contributed by atoms with Crippen molar-refractivity contribution in [2.24, 2.45) is 0 Å². The Morgan fingerprint density at radius 1 is 1.42 bits per heavy atom. The van der Waals surface area contributed by atoms with Crippen LogP contribution >= 0.6 is 0 Å². The molecule has 1 N–H and O–H groups in total. The lowest BCUT2D eigenvalue weighted by Crippen LogP contribution is -2.24. The van der Waals surface area contributed by atoms with Crippen molar-refractivity contribution in [3.63, 3.8) is 0 Å². The number of aromatic nitrogens is 2. The van der Waals surface area contributed by atoms with E-state index in [9.17, 15) is 10.1 Å². The summed E-state index contributed by atoms with van der Waals surface area (Å²) in [4.78, 5) is 10.9. The molecule has 0 bridgehead atoms. The standard InChI is InChI=1S/C13H22N4O2/c1-3-9-16-13(12(17(18)19)10(2)15-16)14-11-7-5-4-6-8-11/h11,14H,3-9H2,1-2H3. The number of rotatable bonds is 5. The van der Waals surface area contributed by atoms with E-state index in [0.29, 0.717) is 24.1 Å². The van der Waals surface area contributed by atoms with Gasteiger partial charge in [0.2, 0.25) is 5.82 Å². The molecule has 0 saturated heterocycles. The largest absolute Gasteiger partial charge is 0.362 e. The molecule has 106 valence electrons. The fourth-order valence-electron chi connectivity index (χ4n) is 2.75. The third kappa shape index (κ3) is 3.05. The topological polar surface area (TPSA) is 73.0 Å². The predicted molar refractivity (Wildman–Crippen MR) is 74.4 cm³/mol. The first kappa shape index (κ1) is 13.8. The van der Waals surface area contributed by atoms with Crippen LogP contribution < -0.4 is 5.32 Å². The van der Waals surface area contributed by atoms with Crippen LogP contribution in [0, 0.1) is 17.0 Å². The fraction of sp³-hybridized carbons (Fsp3) is 0.769. The molecule has 6 heteroatoms. The summed E-state index contributed by atoms with van der Waals surface area (Å²) in [5.74, 6) is 0.594. The van der Waals surface area contributed by atoms with Gasteiger partial charge in [0.05, 0.1) is 4.92 Å². The molecule has 1 aromatic rings. The highest BCUT2D eigenvalue weighted by Crippen LogP contribution is 2.31. The van der Waals surface area contributed by atoms with E-state index in [-0.39, 0.29) is 10.6 Å². The van der Waals surface area contributed by atoms with E-state index in [0.717, 1.165) is 19.3 Å². The van der Waals surface area contributed by atoms with Crippen LogP contribution in [0.5, 0.6) is 0 Å². The Morgan fingerprint density at radius 2 is 2.11 bits per heavy atom. The highest BCUT2D eigenvalue weighted by molar-refractivity contribution is 5.60. The maximum absolute atomic E-state index is 11.2. The maximum Gasteiger partial charge on any atom is 0.333 e. The van der Waals surface area contributed by atoms with Crippen molar-refractivity contribution in [2.45, 2.75) is 65.0 Å². The molecule has 1 aliphatic carbocycles. The molecule has 1 aliphatic rings. The number of nitrogens with one attached hydrogen (secondary N) is 1. The molecular weight excluding hydrogens is 244 g/mol. The van der Waals surface area contributed by atoms with Gasteiger partial charge in [-0.1, -0.05) is 26.2 Å². The average Bonchev–Trinajstić information content (AvgIpc) is 2.67. The molecule has 0 atom stereocenters. The second-order valence-electron chi connectivity index (χ2n) is 5.24. The summed E-state index contributed by atoms with van der Waals surface area (Å²) < 4.78 is 1.75. The third-order valence-electron chi connectivity index (χ3n) is 3.66. The monoisotopic (exact) mass is 266 g/mol. The smallest absolute Gasteiger partial charge is 0.333 e. The Bertz CT molecular complexity index is 450. The summed E-state index contributed by atoms with van der Waals surface area (Å²) >= 11 is 0. The molecule has 6 nitrogen and oxygen atoms in total. The van der Waals surface area contributed by atoms with E-state index < -0.39 is 0 Å². The first-order chi connectivity index (χ1) is 9.13. The summed E-state index contributed by atoms with van der Waals surface area (Å²) in [6.45, 7) is 4.47. The highest BCUT2D eigenvalue weighted by Gasteiger charge is 2.27. The quantitative estimate of drug-likeness (QED) is 0.655. The fourth-order valence-corrected chi connectivity index (χ4v) is 2.75. The number of nitrogens with zero attached hydrogens (tertiary/aromatic N) is 3. The second-order valence-corrected chi connectivity index (χ2v) is 5.24. The van der Waals surface area contributed by atoms with Gasteiger partial charge in [-0.3, -0.25) is 10.1 Å². The summed E-state index contributed by atoms with van der Waals surface area (Å²) in [5.41, 5.74) is 0.635. The van der Waals surface area contributed by atoms with Gasteiger partial charge in [-0.25, -0.2) is 4.68 Å². The number of hydrogen-bond donors (Lipinski definition) is 1. The third-order valence-corrected chi connectivity index (χ3v) is 3.66. The number of nitro groups is 1. The highest BCUT2D eigenvalue weighted by atomic mass is 16.6. The number of aryl methyl sites for hydroxylation is 2. The van der Waals surface area contributed by atoms with Gasteiger partial charge < -0.3 is 5.32 Å². The zero-order valence-electron chi connectivity index (χ0n) is 11.7. The van der Waals surface area contributed by atoms with Gasteiger partial charge in [0.15, 0.2) is 0 Å². The minimum absolute atomic E-state index is 0.138. The Kier molecular flexibility index (Phi) is 4.39. The molecule has 0 amide bonds. The van der Waals surface area contributed by atoms with Gasteiger partial charge in [0, 0.05) is 12.6 Å². The zero-order valence-corrected chi connectivity index (χ0v) is 11.7. The molecule has 1 aromatic heterocycles. The van der Waals surface area contributed by atoms with Crippen molar-refractivity contribution >= 4 is 11.5 Å². The Balaban J connectivity index is 2.26. The van der Waals surface area contributed by atoms with Crippen molar-refractivity contribution in [1.29, 1.82) is 0 Å². The van der Waals surface area contributed by atoms with E-state index in [2.05, 4.69) is 10.4 Å². The van der Waals surface area contributed by atoms with Crippen LogP contribution in [0.1, 0.15) is 51.1 Å². The number of hydrogen-bond acceptors (Lipinski definition) is 4. The van der Waals surface area contributed by atoms with Crippen molar-refractivity contribution in [3.8, 4) is 0 Å². The average molecular weight is 266 g/mol. The van der Waals surface area contributed by atoms with Gasteiger partial charge in [0.25, 0.3) is 0 Å². The van der Waals surface area contributed by atoms with Crippen molar-refractivity contribution < 1.29 is 4.92 Å². The van der Waals surface area contributed by atoms with E-state index in [1.165, 1.54) is 19.3 Å². The Morgan fingerprint density at radius 3 is 2.68 bits per heavy atom. The van der Waals surface area contributed by atoms with E-state index in [1.807, 2.05) is 6.92 Å². The van der Waals surface area contributed by atoms with E-state index >= 15 is 0 Å². The van der Waals surface area contributed by atoms with Crippen LogP contribution in [-0.4, -0.2) is 20.7 Å². The molecular formula is C13H22N4O2. The molecule has 1 saturated carbocycles. The van der Waals surface area contributed by atoms with Gasteiger partial charge in [-0.05, 0) is 26.2 Å². The Labute approximate surface area is 113 Å². The molecule has 2 rings (SSSR count).